The number of hydrogen-bond acceptors (Lipinski definition) is 4. The Labute approximate surface area is 79.4 Å². The van der Waals surface area contributed by atoms with Gasteiger partial charge < -0.3 is 4.74 Å². The first-order valence-corrected chi connectivity index (χ1v) is 5.61. The maximum Gasteiger partial charge on any atom is 0.257 e. The van der Waals surface area contributed by atoms with Crippen molar-refractivity contribution in [3.05, 3.63) is 0 Å². The van der Waals surface area contributed by atoms with Crippen LogP contribution in [-0.2, 0) is 19.9 Å². The van der Waals surface area contributed by atoms with Gasteiger partial charge in [-0.05, 0) is 19.8 Å². The summed E-state index contributed by atoms with van der Waals surface area (Å²) in [6, 6.07) is 0. The molecule has 76 valence electrons. The molecule has 2 fully saturated rings. The molecule has 0 N–H and O–H groups in total. The van der Waals surface area contributed by atoms with Gasteiger partial charge in [0.2, 0.25) is 0 Å². The van der Waals surface area contributed by atoms with Crippen molar-refractivity contribution < 1.29 is 17.3 Å². The van der Waals surface area contributed by atoms with Crippen molar-refractivity contribution in [2.45, 2.75) is 44.5 Å². The summed E-state index contributed by atoms with van der Waals surface area (Å²) in [6.07, 6.45) is 1.82. The molecule has 0 saturated carbocycles. The third-order valence-electron chi connectivity index (χ3n) is 3.21. The molecule has 2 bridgehead atoms. The first kappa shape index (κ1) is 9.43. The molecule has 0 spiro atoms. The van der Waals surface area contributed by atoms with Crippen molar-refractivity contribution in [2.24, 2.45) is 5.92 Å². The Morgan fingerprint density at radius 3 is 2.69 bits per heavy atom. The van der Waals surface area contributed by atoms with Gasteiger partial charge in [-0.1, -0.05) is 6.92 Å². The van der Waals surface area contributed by atoms with Crippen molar-refractivity contribution in [1.29, 1.82) is 0 Å². The number of thiol groups is 1. The molecule has 0 radical (unpaired) electrons. The first-order chi connectivity index (χ1) is 6.03. The highest BCUT2D eigenvalue weighted by Crippen LogP contribution is 2.48. The summed E-state index contributed by atoms with van der Waals surface area (Å²) >= 11 is 0. The topological polar surface area (TPSA) is 52.6 Å². The Kier molecular flexibility index (Phi) is 2.13. The van der Waals surface area contributed by atoms with E-state index in [9.17, 15) is 8.42 Å². The summed E-state index contributed by atoms with van der Waals surface area (Å²) in [5, 5.41) is 0. The van der Waals surface area contributed by atoms with E-state index >= 15 is 0 Å². The Bertz CT molecular complexity index is 280. The zero-order valence-electron chi connectivity index (χ0n) is 7.73. The molecule has 0 aromatic carbocycles. The lowest BCUT2D eigenvalue weighted by molar-refractivity contribution is -0.0177. The van der Waals surface area contributed by atoms with Crippen LogP contribution in [0.25, 0.3) is 0 Å². The van der Waals surface area contributed by atoms with Crippen LogP contribution in [0.3, 0.4) is 0 Å². The van der Waals surface area contributed by atoms with Gasteiger partial charge in [-0.2, -0.15) is 0 Å². The summed E-state index contributed by atoms with van der Waals surface area (Å²) < 4.78 is 31.5. The summed E-state index contributed by atoms with van der Waals surface area (Å²) in [4.78, 5) is 0. The standard InChI is InChI=1S/C8H14O4S/c1-5-6-3-4-8(2,11-6)7(5)12-13(9)10/h5-7,13H,3-4H2,1-2H3. The number of fused-ring (bicyclic) bond motifs is 2. The van der Waals surface area contributed by atoms with Crippen molar-refractivity contribution in [2.75, 3.05) is 0 Å². The second-order valence-electron chi connectivity index (χ2n) is 4.12. The quantitative estimate of drug-likeness (QED) is 0.668. The van der Waals surface area contributed by atoms with Gasteiger partial charge in [0, 0.05) is 5.92 Å². The summed E-state index contributed by atoms with van der Waals surface area (Å²) in [7, 11) is -2.76. The average Bonchev–Trinajstić information content (AvgIpc) is 2.50. The summed E-state index contributed by atoms with van der Waals surface area (Å²) in [6.45, 7) is 3.92. The van der Waals surface area contributed by atoms with E-state index in [4.69, 9.17) is 8.92 Å². The van der Waals surface area contributed by atoms with Gasteiger partial charge in [0.25, 0.3) is 11.0 Å². The minimum absolute atomic E-state index is 0.185. The fraction of sp³-hybridized carbons (Fsp3) is 1.00. The number of rotatable bonds is 2. The Morgan fingerprint density at radius 2 is 2.23 bits per heavy atom. The predicted molar refractivity (Wildman–Crippen MR) is 46.9 cm³/mol. The molecular formula is C8H14O4S. The van der Waals surface area contributed by atoms with Gasteiger partial charge in [-0.3, -0.25) is 4.18 Å². The molecule has 2 aliphatic heterocycles. The lowest BCUT2D eigenvalue weighted by Gasteiger charge is -2.29. The molecule has 4 unspecified atom stereocenters. The molecular weight excluding hydrogens is 192 g/mol. The minimum Gasteiger partial charge on any atom is -0.369 e. The zero-order chi connectivity index (χ0) is 9.64. The van der Waals surface area contributed by atoms with Crippen molar-refractivity contribution in [3.63, 3.8) is 0 Å². The second kappa shape index (κ2) is 2.93. The van der Waals surface area contributed by atoms with Crippen LogP contribution in [0.5, 0.6) is 0 Å². The number of ether oxygens (including phenoxy) is 1. The molecule has 0 amide bonds. The monoisotopic (exact) mass is 206 g/mol. The van der Waals surface area contributed by atoms with Crippen LogP contribution in [0.15, 0.2) is 0 Å². The van der Waals surface area contributed by atoms with Crippen molar-refractivity contribution in [3.8, 4) is 0 Å². The molecule has 4 nitrogen and oxygen atoms in total. The lowest BCUT2D eigenvalue weighted by Crippen LogP contribution is -2.41. The fourth-order valence-electron chi connectivity index (χ4n) is 2.52. The smallest absolute Gasteiger partial charge is 0.257 e. The van der Waals surface area contributed by atoms with Crippen LogP contribution < -0.4 is 0 Å². The normalized spacial score (nSPS) is 49.0. The zero-order valence-corrected chi connectivity index (χ0v) is 8.62. The van der Waals surface area contributed by atoms with E-state index in [2.05, 4.69) is 0 Å². The van der Waals surface area contributed by atoms with Crippen molar-refractivity contribution >= 4 is 11.0 Å². The van der Waals surface area contributed by atoms with E-state index < -0.39 is 11.0 Å². The molecule has 13 heavy (non-hydrogen) atoms. The van der Waals surface area contributed by atoms with Crippen LogP contribution >= 0.6 is 0 Å². The maximum absolute atomic E-state index is 10.5. The Balaban J connectivity index is 2.18. The molecule has 2 heterocycles. The first-order valence-electron chi connectivity index (χ1n) is 4.52. The summed E-state index contributed by atoms with van der Waals surface area (Å²) in [5.74, 6) is 0.187. The Hall–Kier alpha value is -0.130. The third-order valence-corrected chi connectivity index (χ3v) is 3.61. The fourth-order valence-corrected chi connectivity index (χ4v) is 3.12. The van der Waals surface area contributed by atoms with Gasteiger partial charge in [0.1, 0.15) is 6.10 Å². The van der Waals surface area contributed by atoms with E-state index in [0.29, 0.717) is 0 Å². The molecule has 2 saturated heterocycles. The predicted octanol–water partition coefficient (Wildman–Crippen LogP) is 0.485. The third kappa shape index (κ3) is 1.39. The van der Waals surface area contributed by atoms with Gasteiger partial charge in [-0.25, -0.2) is 8.42 Å². The van der Waals surface area contributed by atoms with Crippen LogP contribution in [-0.4, -0.2) is 26.2 Å². The lowest BCUT2D eigenvalue weighted by atomic mass is 9.81. The van der Waals surface area contributed by atoms with E-state index in [1.807, 2.05) is 13.8 Å². The highest BCUT2D eigenvalue weighted by Gasteiger charge is 2.56. The molecule has 0 aromatic rings. The van der Waals surface area contributed by atoms with Crippen LogP contribution in [0.4, 0.5) is 0 Å². The minimum atomic E-state index is -2.76. The maximum atomic E-state index is 10.5. The molecule has 4 atom stereocenters. The van der Waals surface area contributed by atoms with Crippen molar-refractivity contribution in [1.82, 2.24) is 0 Å². The molecule has 5 heteroatoms. The highest BCUT2D eigenvalue weighted by atomic mass is 32.2. The van der Waals surface area contributed by atoms with Gasteiger partial charge >= 0.3 is 0 Å². The van der Waals surface area contributed by atoms with Crippen LogP contribution in [0.1, 0.15) is 26.7 Å². The van der Waals surface area contributed by atoms with E-state index in [1.165, 1.54) is 0 Å². The molecule has 2 aliphatic rings. The molecule has 2 rings (SSSR count). The van der Waals surface area contributed by atoms with Gasteiger partial charge in [0.15, 0.2) is 0 Å². The van der Waals surface area contributed by atoms with Gasteiger partial charge in [-0.15, -0.1) is 0 Å². The second-order valence-corrected chi connectivity index (χ2v) is 4.77. The van der Waals surface area contributed by atoms with Crippen LogP contribution in [0, 0.1) is 5.92 Å². The van der Waals surface area contributed by atoms with E-state index in [0.717, 1.165) is 12.8 Å². The highest BCUT2D eigenvalue weighted by molar-refractivity contribution is 7.67. The largest absolute Gasteiger partial charge is 0.369 e. The SMILES string of the molecule is CC1C2CCC(C)(O2)C1O[SH](=O)=O. The van der Waals surface area contributed by atoms with Crippen LogP contribution in [0.2, 0.25) is 0 Å². The van der Waals surface area contributed by atoms with E-state index in [-0.39, 0.29) is 23.7 Å². The van der Waals surface area contributed by atoms with Gasteiger partial charge in [0.05, 0.1) is 11.7 Å². The van der Waals surface area contributed by atoms with E-state index in [1.54, 1.807) is 0 Å². The Morgan fingerprint density at radius 1 is 1.54 bits per heavy atom. The number of hydrogen-bond donors (Lipinski definition) is 1. The summed E-state index contributed by atoms with van der Waals surface area (Å²) in [5.41, 5.74) is -0.376. The molecule has 0 aromatic heterocycles. The average molecular weight is 206 g/mol. The molecule has 0 aliphatic carbocycles.